The number of carbonyl (C=O) groups excluding carboxylic acids is 3. The topological polar surface area (TPSA) is 211 Å². The van der Waals surface area contributed by atoms with Gasteiger partial charge in [0.1, 0.15) is 23.6 Å². The van der Waals surface area contributed by atoms with Crippen molar-refractivity contribution in [3.8, 4) is 22.6 Å². The van der Waals surface area contributed by atoms with Gasteiger partial charge in [0.15, 0.2) is 0 Å². The van der Waals surface area contributed by atoms with Gasteiger partial charge in [-0.05, 0) is 65.9 Å². The monoisotopic (exact) mass is 498 g/mol. The molecule has 0 saturated heterocycles. The molecule has 0 radical (unpaired) electrons. The summed E-state index contributed by atoms with van der Waals surface area (Å²) in [7, 11) is 0. The smallest absolute Gasteiger partial charge is 0.243 e. The zero-order valence-corrected chi connectivity index (χ0v) is 20.0. The summed E-state index contributed by atoms with van der Waals surface area (Å²) in [5.74, 6) is -2.01. The van der Waals surface area contributed by atoms with E-state index >= 15 is 0 Å². The summed E-state index contributed by atoms with van der Waals surface area (Å²) in [4.78, 5) is 40.4. The van der Waals surface area contributed by atoms with Crippen molar-refractivity contribution in [2.24, 2.45) is 22.9 Å². The molecule has 36 heavy (non-hydrogen) atoms. The highest BCUT2D eigenvalue weighted by atomic mass is 16.3. The van der Waals surface area contributed by atoms with Gasteiger partial charge in [-0.1, -0.05) is 12.1 Å². The maximum Gasteiger partial charge on any atom is 0.243 e. The molecule has 0 aliphatic carbocycles. The summed E-state index contributed by atoms with van der Waals surface area (Å²) >= 11 is 0. The number of phenolic OH excluding ortho intramolecular Hbond substituents is 2. The van der Waals surface area contributed by atoms with E-state index in [0.717, 1.165) is 0 Å². The number of aromatic hydroxyl groups is 2. The van der Waals surface area contributed by atoms with E-state index in [0.29, 0.717) is 28.7 Å². The Morgan fingerprint density at radius 3 is 2.08 bits per heavy atom. The van der Waals surface area contributed by atoms with E-state index in [9.17, 15) is 24.6 Å². The number of rotatable bonds is 6. The largest absolute Gasteiger partial charge is 0.508 e. The van der Waals surface area contributed by atoms with Crippen molar-refractivity contribution in [2.45, 2.75) is 43.8 Å². The first-order valence-corrected chi connectivity index (χ1v) is 11.9. The van der Waals surface area contributed by atoms with Crippen molar-refractivity contribution in [3.05, 3.63) is 47.5 Å². The molecule has 3 amide bonds. The van der Waals surface area contributed by atoms with Gasteiger partial charge in [0.25, 0.3) is 0 Å². The van der Waals surface area contributed by atoms with Crippen LogP contribution in [0.1, 0.15) is 24.0 Å². The van der Waals surface area contributed by atoms with Crippen LogP contribution in [-0.2, 0) is 27.2 Å². The second-order valence-electron chi connectivity index (χ2n) is 8.93. The van der Waals surface area contributed by atoms with E-state index in [-0.39, 0.29) is 50.4 Å². The van der Waals surface area contributed by atoms with Crippen molar-refractivity contribution < 1.29 is 24.6 Å². The van der Waals surface area contributed by atoms with Crippen LogP contribution in [0.3, 0.4) is 0 Å². The van der Waals surface area contributed by atoms with E-state index in [4.69, 9.17) is 22.9 Å². The minimum Gasteiger partial charge on any atom is -0.508 e. The van der Waals surface area contributed by atoms with Crippen molar-refractivity contribution in [1.82, 2.24) is 10.2 Å². The van der Waals surface area contributed by atoms with E-state index in [1.54, 1.807) is 24.3 Å². The van der Waals surface area contributed by atoms with E-state index in [1.807, 2.05) is 0 Å². The SMILES string of the molecule is NCCC[C@H]1C(=O)N[C@H](C(N)=O)Cc2cc(ccc2O)-c2ccc(O)c(c2)C[C@H](N)C(=O)N1CCN. The van der Waals surface area contributed by atoms with Crippen LogP contribution in [0.15, 0.2) is 36.4 Å². The second kappa shape index (κ2) is 11.8. The summed E-state index contributed by atoms with van der Waals surface area (Å²) in [6.07, 6.45) is 0.585. The Morgan fingerprint density at radius 1 is 0.972 bits per heavy atom. The van der Waals surface area contributed by atoms with Gasteiger partial charge in [-0.15, -0.1) is 0 Å². The molecule has 0 aromatic heterocycles. The van der Waals surface area contributed by atoms with Crippen LogP contribution in [0.4, 0.5) is 0 Å². The van der Waals surface area contributed by atoms with Crippen LogP contribution in [-0.4, -0.2) is 70.6 Å². The van der Waals surface area contributed by atoms with Crippen molar-refractivity contribution in [2.75, 3.05) is 19.6 Å². The molecule has 1 aliphatic rings. The van der Waals surface area contributed by atoms with Crippen LogP contribution < -0.4 is 28.3 Å². The molecular weight excluding hydrogens is 464 g/mol. The molecule has 3 rings (SSSR count). The Labute approximate surface area is 209 Å². The molecular formula is C25H34N6O5. The lowest BCUT2D eigenvalue weighted by Gasteiger charge is -2.33. The molecule has 2 aromatic rings. The molecule has 4 bridgehead atoms. The number of carbonyl (C=O) groups is 3. The molecule has 3 atom stereocenters. The Hall–Kier alpha value is -3.67. The lowest BCUT2D eigenvalue weighted by molar-refractivity contribution is -0.142. The average Bonchev–Trinajstić information content (AvgIpc) is 2.84. The first-order chi connectivity index (χ1) is 17.2. The highest BCUT2D eigenvalue weighted by Gasteiger charge is 2.34. The van der Waals surface area contributed by atoms with Crippen LogP contribution in [0.25, 0.3) is 11.1 Å². The fourth-order valence-corrected chi connectivity index (χ4v) is 4.40. The lowest BCUT2D eigenvalue weighted by atomic mass is 9.95. The third kappa shape index (κ3) is 6.11. The Balaban J connectivity index is 2.16. The summed E-state index contributed by atoms with van der Waals surface area (Å²) in [6.45, 7) is 0.398. The number of primary amides is 1. The lowest BCUT2D eigenvalue weighted by Crippen LogP contribution is -2.58. The molecule has 0 unspecified atom stereocenters. The normalized spacial score (nSPS) is 20.9. The average molecular weight is 499 g/mol. The number of nitrogens with two attached hydrogens (primary N) is 4. The number of hydrogen-bond donors (Lipinski definition) is 7. The number of amides is 3. The molecule has 11 nitrogen and oxygen atoms in total. The quantitative estimate of drug-likeness (QED) is 0.263. The molecule has 0 spiro atoms. The minimum absolute atomic E-state index is 0.0135. The third-order valence-electron chi connectivity index (χ3n) is 6.35. The number of nitrogens with one attached hydrogen (secondary N) is 1. The molecule has 2 aromatic carbocycles. The van der Waals surface area contributed by atoms with Crippen molar-refractivity contribution in [1.29, 1.82) is 0 Å². The fourth-order valence-electron chi connectivity index (χ4n) is 4.40. The van der Waals surface area contributed by atoms with Gasteiger partial charge >= 0.3 is 0 Å². The Kier molecular flexibility index (Phi) is 8.86. The molecule has 194 valence electrons. The van der Waals surface area contributed by atoms with E-state index in [2.05, 4.69) is 5.32 Å². The molecule has 1 heterocycles. The predicted molar refractivity (Wildman–Crippen MR) is 135 cm³/mol. The van der Waals surface area contributed by atoms with Gasteiger partial charge in [0, 0.05) is 25.9 Å². The first-order valence-electron chi connectivity index (χ1n) is 11.9. The number of hydrogen-bond acceptors (Lipinski definition) is 8. The second-order valence-corrected chi connectivity index (χ2v) is 8.93. The maximum absolute atomic E-state index is 13.4. The van der Waals surface area contributed by atoms with E-state index in [1.165, 1.54) is 17.0 Å². The standard InChI is InChI=1S/C25H34N6O5/c26-7-1-2-20-24(35)30-19(23(29)34)13-17-11-15(4-6-22(17)33)14-3-5-21(32)16(10-14)12-18(28)25(36)31(20)9-8-27/h3-6,10-11,18-20,32-33H,1-2,7-9,12-13,26-28H2,(H2,29,34)(H,30,35)/t18-,19-,20-/m0/s1. The zero-order chi connectivity index (χ0) is 26.4. The highest BCUT2D eigenvalue weighted by Crippen LogP contribution is 2.31. The molecule has 11 N–H and O–H groups in total. The fraction of sp³-hybridized carbons (Fsp3) is 0.400. The van der Waals surface area contributed by atoms with Gasteiger partial charge in [0.2, 0.25) is 17.7 Å². The predicted octanol–water partition coefficient (Wildman–Crippen LogP) is -0.944. The highest BCUT2D eigenvalue weighted by molar-refractivity contribution is 5.93. The minimum atomic E-state index is -1.15. The maximum atomic E-state index is 13.4. The molecule has 0 fully saturated rings. The third-order valence-corrected chi connectivity index (χ3v) is 6.35. The van der Waals surface area contributed by atoms with E-state index < -0.39 is 35.8 Å². The molecule has 11 heteroatoms. The van der Waals surface area contributed by atoms with Crippen LogP contribution in [0, 0.1) is 0 Å². The molecule has 0 saturated carbocycles. The van der Waals surface area contributed by atoms with Gasteiger partial charge < -0.3 is 43.4 Å². The summed E-state index contributed by atoms with van der Waals surface area (Å²) in [5.41, 5.74) is 25.5. The van der Waals surface area contributed by atoms with Crippen molar-refractivity contribution in [3.63, 3.8) is 0 Å². The molecule has 1 aliphatic heterocycles. The summed E-state index contributed by atoms with van der Waals surface area (Å²) in [5, 5.41) is 23.5. The number of benzene rings is 2. The summed E-state index contributed by atoms with van der Waals surface area (Å²) < 4.78 is 0. The van der Waals surface area contributed by atoms with Gasteiger partial charge in [0.05, 0.1) is 6.04 Å². The number of fused-ring (bicyclic) bond motifs is 5. The zero-order valence-electron chi connectivity index (χ0n) is 20.0. The van der Waals surface area contributed by atoms with Gasteiger partial charge in [-0.2, -0.15) is 0 Å². The number of phenols is 2. The first kappa shape index (κ1) is 26.9. The van der Waals surface area contributed by atoms with Crippen LogP contribution >= 0.6 is 0 Å². The van der Waals surface area contributed by atoms with Gasteiger partial charge in [-0.3, -0.25) is 14.4 Å². The number of nitrogens with zero attached hydrogens (tertiary/aromatic N) is 1. The summed E-state index contributed by atoms with van der Waals surface area (Å²) in [6, 6.07) is 6.54. The van der Waals surface area contributed by atoms with Crippen LogP contribution in [0.2, 0.25) is 0 Å². The Bertz CT molecular complexity index is 1120. The van der Waals surface area contributed by atoms with Gasteiger partial charge in [-0.25, -0.2) is 0 Å². The van der Waals surface area contributed by atoms with Crippen LogP contribution in [0.5, 0.6) is 11.5 Å². The van der Waals surface area contributed by atoms with Crippen molar-refractivity contribution >= 4 is 17.7 Å². The Morgan fingerprint density at radius 2 is 1.56 bits per heavy atom.